The number of benzene rings is 11. The Morgan fingerprint density at radius 2 is 0.647 bits per heavy atom. The first-order valence-electron chi connectivity index (χ1n) is 23.6. The van der Waals surface area contributed by atoms with Gasteiger partial charge in [0.25, 0.3) is 0 Å². The van der Waals surface area contributed by atoms with Crippen molar-refractivity contribution in [2.24, 2.45) is 0 Å². The fourth-order valence-electron chi connectivity index (χ4n) is 11.6. The van der Waals surface area contributed by atoms with Gasteiger partial charge in [0.1, 0.15) is 0 Å². The van der Waals surface area contributed by atoms with Crippen LogP contribution in [0.2, 0.25) is 0 Å². The van der Waals surface area contributed by atoms with Gasteiger partial charge in [0.2, 0.25) is 0 Å². The predicted molar refractivity (Wildman–Crippen MR) is 288 cm³/mol. The first-order chi connectivity index (χ1) is 33.7. The lowest BCUT2D eigenvalue weighted by Gasteiger charge is -2.31. The largest absolute Gasteiger partial charge is 0.135 e. The van der Waals surface area contributed by atoms with Crippen LogP contribution in [0.1, 0.15) is 22.3 Å². The molecule has 0 unspecified atom stereocenters. The lowest BCUT2D eigenvalue weighted by molar-refractivity contribution is 0.795. The molecule has 11 aromatic carbocycles. The lowest BCUT2D eigenvalue weighted by Crippen LogP contribution is -2.26. The summed E-state index contributed by atoms with van der Waals surface area (Å²) in [6.45, 7) is 0. The van der Waals surface area contributed by atoms with Crippen LogP contribution >= 0.6 is 11.3 Å². The van der Waals surface area contributed by atoms with Gasteiger partial charge in [-0.2, -0.15) is 0 Å². The third-order valence-electron chi connectivity index (χ3n) is 14.6. The van der Waals surface area contributed by atoms with Crippen molar-refractivity contribution in [3.8, 4) is 89.0 Å². The highest BCUT2D eigenvalue weighted by molar-refractivity contribution is 7.26. The Balaban J connectivity index is 1.04. The van der Waals surface area contributed by atoms with Crippen molar-refractivity contribution >= 4 is 31.5 Å². The van der Waals surface area contributed by atoms with Crippen molar-refractivity contribution < 1.29 is 0 Å². The van der Waals surface area contributed by atoms with Gasteiger partial charge < -0.3 is 0 Å². The van der Waals surface area contributed by atoms with Crippen LogP contribution in [0.5, 0.6) is 0 Å². The van der Waals surface area contributed by atoms with E-state index in [-0.39, 0.29) is 0 Å². The summed E-state index contributed by atoms with van der Waals surface area (Å²) in [6, 6.07) is 95.2. The summed E-state index contributed by atoms with van der Waals surface area (Å²) in [6.07, 6.45) is 0. The predicted octanol–water partition coefficient (Wildman–Crippen LogP) is 18.4. The number of thiophene rings is 1. The van der Waals surface area contributed by atoms with Crippen LogP contribution in [0.3, 0.4) is 0 Å². The summed E-state index contributed by atoms with van der Waals surface area (Å²) >= 11 is 1.93. The maximum absolute atomic E-state index is 2.54. The highest BCUT2D eigenvalue weighted by Crippen LogP contribution is 2.65. The van der Waals surface area contributed by atoms with Crippen molar-refractivity contribution in [3.05, 3.63) is 277 Å². The van der Waals surface area contributed by atoms with Crippen LogP contribution in [0.15, 0.2) is 255 Å². The van der Waals surface area contributed by atoms with E-state index in [9.17, 15) is 0 Å². The van der Waals surface area contributed by atoms with Gasteiger partial charge >= 0.3 is 0 Å². The van der Waals surface area contributed by atoms with Gasteiger partial charge in [0.15, 0.2) is 0 Å². The van der Waals surface area contributed by atoms with Gasteiger partial charge in [0, 0.05) is 25.7 Å². The van der Waals surface area contributed by atoms with Gasteiger partial charge in [-0.05, 0) is 160 Å². The van der Waals surface area contributed by atoms with Crippen LogP contribution in [0.25, 0.3) is 109 Å². The summed E-state index contributed by atoms with van der Waals surface area (Å²) < 4.78 is 2.69. The second-order valence-electron chi connectivity index (χ2n) is 18.3. The Morgan fingerprint density at radius 3 is 1.13 bits per heavy atom. The van der Waals surface area contributed by atoms with Crippen LogP contribution in [-0.4, -0.2) is 0 Å². The molecule has 12 aromatic rings. The Morgan fingerprint density at radius 1 is 0.235 bits per heavy atom. The Labute approximate surface area is 400 Å². The van der Waals surface area contributed by atoms with Crippen molar-refractivity contribution in [2.75, 3.05) is 0 Å². The molecule has 0 aliphatic heterocycles. The molecule has 1 spiro atoms. The molecule has 1 heterocycles. The number of hydrogen-bond donors (Lipinski definition) is 0. The van der Waals surface area contributed by atoms with E-state index in [1.165, 1.54) is 131 Å². The zero-order chi connectivity index (χ0) is 44.8. The molecule has 0 atom stereocenters. The number of rotatable bonds is 6. The molecule has 1 aromatic heterocycles. The Bertz CT molecular complexity index is 3640. The van der Waals surface area contributed by atoms with Gasteiger partial charge in [-0.3, -0.25) is 0 Å². The normalized spacial score (nSPS) is 12.8. The minimum Gasteiger partial charge on any atom is -0.135 e. The molecule has 0 nitrogen and oxygen atoms in total. The summed E-state index contributed by atoms with van der Waals surface area (Å²) in [5, 5.41) is 2.65. The molecule has 0 saturated carbocycles. The van der Waals surface area contributed by atoms with E-state index < -0.39 is 5.41 Å². The quantitative estimate of drug-likeness (QED) is 0.156. The smallest absolute Gasteiger partial charge is 0.0726 e. The van der Waals surface area contributed by atoms with E-state index >= 15 is 0 Å². The summed E-state index contributed by atoms with van der Waals surface area (Å²) in [5.74, 6) is 0. The van der Waals surface area contributed by atoms with Crippen LogP contribution in [0.4, 0.5) is 0 Å². The summed E-state index contributed by atoms with van der Waals surface area (Å²) in [5.41, 5.74) is 24.6. The zero-order valence-electron chi connectivity index (χ0n) is 37.2. The van der Waals surface area contributed by atoms with Crippen molar-refractivity contribution in [1.82, 2.24) is 0 Å². The fraction of sp³-hybridized carbons (Fsp3) is 0.0149. The lowest BCUT2D eigenvalue weighted by atomic mass is 9.70. The van der Waals surface area contributed by atoms with Gasteiger partial charge in [-0.1, -0.05) is 200 Å². The molecule has 2 aliphatic carbocycles. The molecule has 14 rings (SSSR count). The van der Waals surface area contributed by atoms with Gasteiger partial charge in [-0.15, -0.1) is 11.3 Å². The molecule has 0 N–H and O–H groups in total. The molecular formula is C67H42S. The average Bonchev–Trinajstić information content (AvgIpc) is 4.05. The highest BCUT2D eigenvalue weighted by atomic mass is 32.1. The molecule has 0 radical (unpaired) electrons. The molecule has 0 saturated heterocycles. The average molecular weight is 879 g/mol. The highest BCUT2D eigenvalue weighted by Gasteiger charge is 2.52. The minimum atomic E-state index is -0.564. The summed E-state index contributed by atoms with van der Waals surface area (Å²) in [7, 11) is 0. The van der Waals surface area contributed by atoms with Crippen molar-refractivity contribution in [2.45, 2.75) is 5.41 Å². The number of hydrogen-bond acceptors (Lipinski definition) is 1. The van der Waals surface area contributed by atoms with E-state index in [1.807, 2.05) is 11.3 Å². The zero-order valence-corrected chi connectivity index (χ0v) is 38.0. The molecule has 68 heavy (non-hydrogen) atoms. The maximum Gasteiger partial charge on any atom is 0.0726 e. The van der Waals surface area contributed by atoms with Crippen LogP contribution < -0.4 is 0 Å². The Kier molecular flexibility index (Phi) is 8.78. The molecular weight excluding hydrogens is 837 g/mol. The minimum absolute atomic E-state index is 0.564. The molecule has 0 bridgehead atoms. The second-order valence-corrected chi connectivity index (χ2v) is 19.4. The van der Waals surface area contributed by atoms with Crippen molar-refractivity contribution in [1.29, 1.82) is 0 Å². The fourth-order valence-corrected chi connectivity index (χ4v) is 12.8. The van der Waals surface area contributed by atoms with E-state index in [0.29, 0.717) is 0 Å². The molecule has 2 aliphatic rings. The van der Waals surface area contributed by atoms with Gasteiger partial charge in [0.05, 0.1) is 5.41 Å². The van der Waals surface area contributed by atoms with Crippen LogP contribution in [0, 0.1) is 0 Å². The standard InChI is InChI=1S/C67H42S/c1-5-17-43(18-6-1)49-35-50(44-19-7-2-8-20-44)38-53(37-49)47-29-31-55-56-32-30-48(54-39-51(45-21-9-3-10-22-45)36-52(40-54)46-23-11-4-12-24-46)42-63(56)67(62(55)41-47)60-27-15-13-26-59(60)65-61(67)34-33-58-57-25-14-16-28-64(57)68-66(58)65/h1-42H. The summed E-state index contributed by atoms with van der Waals surface area (Å²) in [4.78, 5) is 0. The van der Waals surface area contributed by atoms with E-state index in [0.717, 1.165) is 0 Å². The third-order valence-corrected chi connectivity index (χ3v) is 15.9. The van der Waals surface area contributed by atoms with E-state index in [4.69, 9.17) is 0 Å². The molecule has 0 amide bonds. The topological polar surface area (TPSA) is 0 Å². The maximum atomic E-state index is 2.54. The SMILES string of the molecule is c1ccc(-c2cc(-c3ccccc3)cc(-c3ccc4c(c3)C3(c5cc(-c6cc(-c7ccccc7)cc(-c7ccccc7)c6)ccc5-4)c4ccccc4-c4c3ccc3c4sc4ccccc43)c2)cc1. The monoisotopic (exact) mass is 878 g/mol. The molecule has 316 valence electrons. The van der Waals surface area contributed by atoms with Gasteiger partial charge in [-0.25, -0.2) is 0 Å². The first kappa shape index (κ1) is 38.9. The van der Waals surface area contributed by atoms with E-state index in [1.54, 1.807) is 0 Å². The molecule has 1 heteroatoms. The van der Waals surface area contributed by atoms with E-state index in [2.05, 4.69) is 255 Å². The third kappa shape index (κ3) is 5.93. The number of fused-ring (bicyclic) bond motifs is 14. The van der Waals surface area contributed by atoms with Crippen molar-refractivity contribution in [3.63, 3.8) is 0 Å². The first-order valence-corrected chi connectivity index (χ1v) is 24.4. The molecule has 0 fully saturated rings. The second kappa shape index (κ2) is 15.4. The van der Waals surface area contributed by atoms with Crippen LogP contribution in [-0.2, 0) is 5.41 Å². The Hall–Kier alpha value is -8.36.